The van der Waals surface area contributed by atoms with Crippen molar-refractivity contribution in [3.63, 3.8) is 0 Å². The number of benzene rings is 8. The SMILES string of the molecule is CC1(C)c2ccccc2-c2ccc(N(c3ccc(-c4ccc5c(c4)C(C)(C)c4oc(-c6ccccc6)c(-c6ccccc6)c4-5)cc3)c3ccccc3-c3ccccc3)cc21. The molecule has 0 aliphatic heterocycles. The van der Waals surface area contributed by atoms with Crippen LogP contribution in [0.15, 0.2) is 205 Å². The number of hydrogen-bond donors (Lipinski definition) is 0. The summed E-state index contributed by atoms with van der Waals surface area (Å²) in [5.74, 6) is 1.95. The second-order valence-corrected chi connectivity index (χ2v) is 17.3. The van der Waals surface area contributed by atoms with Gasteiger partial charge in [0.2, 0.25) is 0 Å². The number of hydrogen-bond acceptors (Lipinski definition) is 2. The molecule has 0 bridgehead atoms. The van der Waals surface area contributed by atoms with Crippen LogP contribution >= 0.6 is 0 Å². The molecule has 0 radical (unpaired) electrons. The smallest absolute Gasteiger partial charge is 0.142 e. The molecular formula is C58H45NO. The molecule has 288 valence electrons. The summed E-state index contributed by atoms with van der Waals surface area (Å²) >= 11 is 0. The fourth-order valence-corrected chi connectivity index (χ4v) is 9.97. The summed E-state index contributed by atoms with van der Waals surface area (Å²) in [6, 6.07) is 72.8. The van der Waals surface area contributed by atoms with Crippen LogP contribution in [0.1, 0.15) is 50.1 Å². The maximum absolute atomic E-state index is 6.96. The maximum atomic E-state index is 6.96. The fraction of sp³-hybridized carbons (Fsp3) is 0.103. The molecule has 0 unspecified atom stereocenters. The summed E-state index contributed by atoms with van der Waals surface area (Å²) in [6.45, 7) is 9.31. The first-order valence-electron chi connectivity index (χ1n) is 21.0. The van der Waals surface area contributed by atoms with Crippen LogP contribution < -0.4 is 4.90 Å². The van der Waals surface area contributed by atoms with Gasteiger partial charge in [0.05, 0.1) is 5.69 Å². The van der Waals surface area contributed by atoms with Gasteiger partial charge in [0, 0.05) is 44.5 Å². The van der Waals surface area contributed by atoms with Crippen molar-refractivity contribution in [3.05, 3.63) is 223 Å². The van der Waals surface area contributed by atoms with E-state index < -0.39 is 0 Å². The molecule has 0 atom stereocenters. The van der Waals surface area contributed by atoms with Crippen molar-refractivity contribution in [1.29, 1.82) is 0 Å². The summed E-state index contributed by atoms with van der Waals surface area (Å²) in [5, 5.41) is 0. The summed E-state index contributed by atoms with van der Waals surface area (Å²) in [4.78, 5) is 2.44. The molecule has 1 heterocycles. The summed E-state index contributed by atoms with van der Waals surface area (Å²) < 4.78 is 6.96. The predicted molar refractivity (Wildman–Crippen MR) is 250 cm³/mol. The number of rotatable bonds is 7. The molecule has 2 aliphatic carbocycles. The second kappa shape index (κ2) is 13.7. The largest absolute Gasteiger partial charge is 0.459 e. The topological polar surface area (TPSA) is 16.4 Å². The van der Waals surface area contributed by atoms with E-state index in [0.29, 0.717) is 0 Å². The molecule has 11 rings (SSSR count). The third-order valence-electron chi connectivity index (χ3n) is 13.1. The zero-order valence-electron chi connectivity index (χ0n) is 34.4. The Morgan fingerprint density at radius 2 is 0.883 bits per heavy atom. The first kappa shape index (κ1) is 36.0. The molecule has 0 amide bonds. The van der Waals surface area contributed by atoms with Crippen molar-refractivity contribution in [3.8, 4) is 67.0 Å². The molecule has 2 aliphatic rings. The Balaban J connectivity index is 1.02. The van der Waals surface area contributed by atoms with E-state index in [4.69, 9.17) is 4.42 Å². The Hall–Kier alpha value is -7.16. The van der Waals surface area contributed by atoms with Crippen LogP contribution in [0.25, 0.3) is 67.0 Å². The van der Waals surface area contributed by atoms with E-state index in [2.05, 4.69) is 233 Å². The fourth-order valence-electron chi connectivity index (χ4n) is 9.97. The van der Waals surface area contributed by atoms with Gasteiger partial charge >= 0.3 is 0 Å². The highest BCUT2D eigenvalue weighted by atomic mass is 16.3. The lowest BCUT2D eigenvalue weighted by atomic mass is 9.82. The van der Waals surface area contributed by atoms with Crippen molar-refractivity contribution >= 4 is 17.1 Å². The molecule has 1 aromatic heterocycles. The van der Waals surface area contributed by atoms with Gasteiger partial charge in [-0.25, -0.2) is 0 Å². The van der Waals surface area contributed by atoms with Crippen molar-refractivity contribution in [2.24, 2.45) is 0 Å². The number of nitrogens with zero attached hydrogens (tertiary/aromatic N) is 1. The first-order chi connectivity index (χ1) is 29.3. The summed E-state index contributed by atoms with van der Waals surface area (Å²) in [6.07, 6.45) is 0. The molecular weight excluding hydrogens is 727 g/mol. The minimum atomic E-state index is -0.323. The normalized spacial score (nSPS) is 13.9. The van der Waals surface area contributed by atoms with Gasteiger partial charge in [-0.15, -0.1) is 0 Å². The molecule has 60 heavy (non-hydrogen) atoms. The van der Waals surface area contributed by atoms with Crippen LogP contribution in [0.5, 0.6) is 0 Å². The highest BCUT2D eigenvalue weighted by Crippen LogP contribution is 2.57. The van der Waals surface area contributed by atoms with Gasteiger partial charge in [0.1, 0.15) is 11.5 Å². The zero-order valence-corrected chi connectivity index (χ0v) is 34.4. The lowest BCUT2D eigenvalue weighted by Gasteiger charge is -2.30. The number of para-hydroxylation sites is 1. The molecule has 0 fully saturated rings. The number of furan rings is 1. The van der Waals surface area contributed by atoms with Gasteiger partial charge in [-0.1, -0.05) is 178 Å². The van der Waals surface area contributed by atoms with Gasteiger partial charge in [-0.2, -0.15) is 0 Å². The number of anilines is 3. The molecule has 9 aromatic rings. The van der Waals surface area contributed by atoms with E-state index in [1.165, 1.54) is 66.8 Å². The van der Waals surface area contributed by atoms with Crippen molar-refractivity contribution in [1.82, 2.24) is 0 Å². The van der Waals surface area contributed by atoms with Gasteiger partial charge in [0.15, 0.2) is 0 Å². The van der Waals surface area contributed by atoms with E-state index in [1.807, 2.05) is 0 Å². The molecule has 8 aromatic carbocycles. The van der Waals surface area contributed by atoms with Crippen LogP contribution in [-0.4, -0.2) is 0 Å². The Bertz CT molecular complexity index is 3060. The first-order valence-corrected chi connectivity index (χ1v) is 21.0. The van der Waals surface area contributed by atoms with E-state index in [0.717, 1.165) is 39.7 Å². The maximum Gasteiger partial charge on any atom is 0.142 e. The van der Waals surface area contributed by atoms with E-state index >= 15 is 0 Å². The van der Waals surface area contributed by atoms with Gasteiger partial charge in [-0.05, 0) is 106 Å². The van der Waals surface area contributed by atoms with Crippen LogP contribution in [0.2, 0.25) is 0 Å². The molecule has 0 spiro atoms. The Morgan fingerprint density at radius 1 is 0.350 bits per heavy atom. The van der Waals surface area contributed by atoms with E-state index in [-0.39, 0.29) is 10.8 Å². The van der Waals surface area contributed by atoms with Gasteiger partial charge in [-0.3, -0.25) is 0 Å². The third-order valence-corrected chi connectivity index (χ3v) is 13.1. The van der Waals surface area contributed by atoms with Gasteiger partial charge < -0.3 is 9.32 Å². The molecule has 0 saturated carbocycles. The standard InChI is InChI=1S/C58H45NO/c1-57(2)49-26-16-14-25-46(49)47-35-33-44(37-51(47)57)59(52-27-17-15-24-45(52)39-18-8-5-9-19-39)43-31-28-38(29-32-43)42-30-34-48-50(36-42)58(3,4)56-54(48)53(40-20-10-6-11-21-40)55(60-56)41-22-12-7-13-23-41/h5-37H,1-4H3. The molecule has 0 N–H and O–H groups in total. The lowest BCUT2D eigenvalue weighted by Crippen LogP contribution is -2.16. The van der Waals surface area contributed by atoms with Crippen molar-refractivity contribution < 1.29 is 4.42 Å². The molecule has 2 heteroatoms. The quantitative estimate of drug-likeness (QED) is 0.160. The zero-order chi connectivity index (χ0) is 40.6. The van der Waals surface area contributed by atoms with Crippen molar-refractivity contribution in [2.75, 3.05) is 4.90 Å². The summed E-state index contributed by atoms with van der Waals surface area (Å²) in [7, 11) is 0. The lowest BCUT2D eigenvalue weighted by molar-refractivity contribution is 0.448. The van der Waals surface area contributed by atoms with E-state index in [1.54, 1.807) is 0 Å². The van der Waals surface area contributed by atoms with Crippen LogP contribution in [0.4, 0.5) is 17.1 Å². The summed E-state index contributed by atoms with van der Waals surface area (Å²) in [5.41, 5.74) is 20.2. The Morgan fingerprint density at radius 3 is 1.60 bits per heavy atom. The monoisotopic (exact) mass is 771 g/mol. The molecule has 2 nitrogen and oxygen atoms in total. The van der Waals surface area contributed by atoms with Gasteiger partial charge in [0.25, 0.3) is 0 Å². The number of fused-ring (bicyclic) bond motifs is 6. The average Bonchev–Trinajstić information content (AvgIpc) is 3.88. The highest BCUT2D eigenvalue weighted by Gasteiger charge is 2.43. The van der Waals surface area contributed by atoms with E-state index in [9.17, 15) is 0 Å². The molecule has 0 saturated heterocycles. The third kappa shape index (κ3) is 5.55. The Labute approximate surface area is 353 Å². The second-order valence-electron chi connectivity index (χ2n) is 17.3. The van der Waals surface area contributed by atoms with Crippen LogP contribution in [0, 0.1) is 0 Å². The predicted octanol–water partition coefficient (Wildman–Crippen LogP) is 16.0. The average molecular weight is 772 g/mol. The highest BCUT2D eigenvalue weighted by molar-refractivity contribution is 5.99. The minimum absolute atomic E-state index is 0.112. The van der Waals surface area contributed by atoms with Crippen LogP contribution in [-0.2, 0) is 10.8 Å². The minimum Gasteiger partial charge on any atom is -0.459 e. The van der Waals surface area contributed by atoms with Crippen molar-refractivity contribution in [2.45, 2.75) is 38.5 Å². The Kier molecular flexibility index (Phi) is 8.22. The van der Waals surface area contributed by atoms with Crippen LogP contribution in [0.3, 0.4) is 0 Å².